The Kier molecular flexibility index (Phi) is 2.79. The Morgan fingerprint density at radius 3 is 2.44 bits per heavy atom. The maximum atomic E-state index is 3.69. The number of rotatable bonds is 1. The molecule has 130 valence electrons. The van der Waals surface area contributed by atoms with Crippen LogP contribution in [0, 0.1) is 0 Å². The number of benzene rings is 3. The van der Waals surface area contributed by atoms with Crippen LogP contribution in [-0.2, 0) is 11.8 Å². The van der Waals surface area contributed by atoms with Gasteiger partial charge in [-0.1, -0.05) is 68.4 Å². The Labute approximate surface area is 159 Å². The molecule has 2 aliphatic carbocycles. The van der Waals surface area contributed by atoms with E-state index in [4.69, 9.17) is 0 Å². The summed E-state index contributed by atoms with van der Waals surface area (Å²) in [6.45, 7) is 4.70. The molecule has 0 fully saturated rings. The lowest BCUT2D eigenvalue weighted by molar-refractivity contribution is 0.661. The third-order valence-corrected chi connectivity index (χ3v) is 6.47. The molecule has 0 aliphatic heterocycles. The van der Waals surface area contributed by atoms with Crippen molar-refractivity contribution in [3.05, 3.63) is 94.7 Å². The second kappa shape index (κ2) is 5.01. The molecule has 0 saturated heterocycles. The van der Waals surface area contributed by atoms with Gasteiger partial charge in [-0.25, -0.2) is 0 Å². The average Bonchev–Trinajstić information content (AvgIpc) is 3.31. The highest BCUT2D eigenvalue weighted by Gasteiger charge is 2.36. The number of allylic oxidation sites excluding steroid dienone is 1. The minimum Gasteiger partial charge on any atom is -0.355 e. The number of nitrogens with one attached hydrogen (secondary N) is 1. The highest BCUT2D eigenvalue weighted by atomic mass is 14.7. The quantitative estimate of drug-likeness (QED) is 0.401. The van der Waals surface area contributed by atoms with Crippen LogP contribution in [0.5, 0.6) is 0 Å². The minimum absolute atomic E-state index is 0.0541. The summed E-state index contributed by atoms with van der Waals surface area (Å²) in [7, 11) is 0. The summed E-state index contributed by atoms with van der Waals surface area (Å²) in [6.07, 6.45) is 3.33. The Hall–Kier alpha value is -3.06. The van der Waals surface area contributed by atoms with E-state index < -0.39 is 0 Å². The van der Waals surface area contributed by atoms with Gasteiger partial charge in [0, 0.05) is 28.4 Å². The van der Waals surface area contributed by atoms with E-state index in [2.05, 4.69) is 91.6 Å². The van der Waals surface area contributed by atoms with Crippen LogP contribution in [0.3, 0.4) is 0 Å². The Morgan fingerprint density at radius 1 is 0.815 bits per heavy atom. The van der Waals surface area contributed by atoms with Gasteiger partial charge in [-0.2, -0.15) is 0 Å². The largest absolute Gasteiger partial charge is 0.355 e. The van der Waals surface area contributed by atoms with Crippen molar-refractivity contribution in [2.45, 2.75) is 25.7 Å². The van der Waals surface area contributed by atoms with Crippen LogP contribution in [0.2, 0.25) is 0 Å². The molecule has 0 radical (unpaired) electrons. The number of hydrogen-bond acceptors (Lipinski definition) is 0. The molecular weight excluding hydrogens is 326 g/mol. The van der Waals surface area contributed by atoms with Crippen LogP contribution in [0.25, 0.3) is 33.7 Å². The van der Waals surface area contributed by atoms with Gasteiger partial charge in [0.25, 0.3) is 0 Å². The maximum absolute atomic E-state index is 3.69. The van der Waals surface area contributed by atoms with Gasteiger partial charge in [-0.15, -0.1) is 0 Å². The van der Waals surface area contributed by atoms with Gasteiger partial charge in [0.1, 0.15) is 0 Å². The van der Waals surface area contributed by atoms with Crippen LogP contribution in [0.15, 0.2) is 66.7 Å². The van der Waals surface area contributed by atoms with Crippen LogP contribution in [0.1, 0.15) is 41.8 Å². The Bertz CT molecular complexity index is 1250. The molecule has 0 spiro atoms. The number of aromatic amines is 1. The van der Waals surface area contributed by atoms with Crippen molar-refractivity contribution in [2.24, 2.45) is 0 Å². The lowest BCUT2D eigenvalue weighted by atomic mass is 9.82. The topological polar surface area (TPSA) is 15.8 Å². The second-order valence-corrected chi connectivity index (χ2v) is 8.34. The molecule has 4 aromatic rings. The van der Waals surface area contributed by atoms with E-state index in [0.717, 1.165) is 6.42 Å². The van der Waals surface area contributed by atoms with E-state index in [1.165, 1.54) is 55.6 Å². The van der Waals surface area contributed by atoms with Crippen molar-refractivity contribution in [3.63, 3.8) is 0 Å². The van der Waals surface area contributed by atoms with Gasteiger partial charge in [-0.05, 0) is 57.2 Å². The molecule has 0 atom stereocenters. The first kappa shape index (κ1) is 15.0. The van der Waals surface area contributed by atoms with Crippen LogP contribution < -0.4 is 0 Å². The Morgan fingerprint density at radius 2 is 1.59 bits per heavy atom. The molecule has 1 nitrogen and oxygen atoms in total. The monoisotopic (exact) mass is 347 g/mol. The molecule has 1 aromatic heterocycles. The number of hydrogen-bond donors (Lipinski definition) is 1. The SMILES string of the molecule is CC1(C)c2ccccc2-c2cc3[nH]c4c(c3cc21)CC(c1ccccc1)=C4. The molecule has 0 saturated carbocycles. The number of fused-ring (bicyclic) bond motifs is 6. The zero-order valence-corrected chi connectivity index (χ0v) is 15.6. The van der Waals surface area contributed by atoms with E-state index >= 15 is 0 Å². The molecule has 1 N–H and O–H groups in total. The van der Waals surface area contributed by atoms with Gasteiger partial charge >= 0.3 is 0 Å². The van der Waals surface area contributed by atoms with Crippen LogP contribution in [-0.4, -0.2) is 4.98 Å². The number of H-pyrrole nitrogens is 1. The predicted octanol–water partition coefficient (Wildman–Crippen LogP) is 6.57. The molecule has 27 heavy (non-hydrogen) atoms. The summed E-state index contributed by atoms with van der Waals surface area (Å²) >= 11 is 0. The molecule has 6 rings (SSSR count). The minimum atomic E-state index is 0.0541. The standard InChI is InChI=1S/C26H21N/c1-26(2)22-11-7-6-10-18(22)19-15-25-21(14-23(19)26)20-12-17(13-24(20)27-25)16-8-4-3-5-9-16/h3-11,13-15,27H,12H2,1-2H3. The molecule has 1 heterocycles. The second-order valence-electron chi connectivity index (χ2n) is 8.34. The van der Waals surface area contributed by atoms with E-state index in [-0.39, 0.29) is 5.41 Å². The fourth-order valence-electron chi connectivity index (χ4n) is 5.03. The van der Waals surface area contributed by atoms with E-state index in [1.807, 2.05) is 0 Å². The van der Waals surface area contributed by atoms with Crippen molar-refractivity contribution in [1.82, 2.24) is 4.98 Å². The lowest BCUT2D eigenvalue weighted by Crippen LogP contribution is -2.14. The molecule has 0 bridgehead atoms. The van der Waals surface area contributed by atoms with E-state index in [9.17, 15) is 0 Å². The maximum Gasteiger partial charge on any atom is 0.0468 e. The summed E-state index contributed by atoms with van der Waals surface area (Å²) in [5, 5.41) is 1.38. The summed E-state index contributed by atoms with van der Waals surface area (Å²) in [5.41, 5.74) is 12.4. The van der Waals surface area contributed by atoms with Crippen molar-refractivity contribution in [2.75, 3.05) is 0 Å². The van der Waals surface area contributed by atoms with Gasteiger partial charge in [-0.3, -0.25) is 0 Å². The van der Waals surface area contributed by atoms with Crippen molar-refractivity contribution in [3.8, 4) is 11.1 Å². The summed E-state index contributed by atoms with van der Waals surface area (Å²) < 4.78 is 0. The predicted molar refractivity (Wildman–Crippen MR) is 114 cm³/mol. The van der Waals surface area contributed by atoms with Crippen LogP contribution >= 0.6 is 0 Å². The van der Waals surface area contributed by atoms with Crippen LogP contribution in [0.4, 0.5) is 0 Å². The summed E-state index contributed by atoms with van der Waals surface area (Å²) in [5.74, 6) is 0. The van der Waals surface area contributed by atoms with Crippen molar-refractivity contribution < 1.29 is 0 Å². The normalized spacial score (nSPS) is 16.1. The first-order valence-corrected chi connectivity index (χ1v) is 9.68. The lowest BCUT2D eigenvalue weighted by Gasteiger charge is -2.21. The van der Waals surface area contributed by atoms with Gasteiger partial charge in [0.15, 0.2) is 0 Å². The van der Waals surface area contributed by atoms with Gasteiger partial charge in [0.2, 0.25) is 0 Å². The molecule has 0 unspecified atom stereocenters. The molecular formula is C26H21N. The van der Waals surface area contributed by atoms with E-state index in [1.54, 1.807) is 0 Å². The summed E-state index contributed by atoms with van der Waals surface area (Å²) in [4.78, 5) is 3.69. The molecule has 2 aliphatic rings. The average molecular weight is 347 g/mol. The number of aromatic nitrogens is 1. The molecule has 1 heteroatoms. The highest BCUT2D eigenvalue weighted by Crippen LogP contribution is 2.50. The van der Waals surface area contributed by atoms with Crippen molar-refractivity contribution in [1.29, 1.82) is 0 Å². The summed E-state index contributed by atoms with van der Waals surface area (Å²) in [6, 6.07) is 24.4. The third kappa shape index (κ3) is 1.94. The molecule has 0 amide bonds. The third-order valence-electron chi connectivity index (χ3n) is 6.47. The fraction of sp³-hybridized carbons (Fsp3) is 0.154. The van der Waals surface area contributed by atoms with Gasteiger partial charge < -0.3 is 4.98 Å². The first-order chi connectivity index (χ1) is 13.1. The van der Waals surface area contributed by atoms with E-state index in [0.29, 0.717) is 0 Å². The van der Waals surface area contributed by atoms with Crippen molar-refractivity contribution >= 4 is 22.6 Å². The fourth-order valence-corrected chi connectivity index (χ4v) is 5.03. The molecule has 3 aromatic carbocycles. The zero-order valence-electron chi connectivity index (χ0n) is 15.6. The van der Waals surface area contributed by atoms with Gasteiger partial charge in [0.05, 0.1) is 0 Å². The first-order valence-electron chi connectivity index (χ1n) is 9.68. The highest BCUT2D eigenvalue weighted by molar-refractivity contribution is 6.00. The Balaban J connectivity index is 1.54. The smallest absolute Gasteiger partial charge is 0.0468 e. The zero-order chi connectivity index (χ0) is 18.2.